The average molecular weight is 286 g/mol. The second-order valence-electron chi connectivity index (χ2n) is 4.35. The highest BCUT2D eigenvalue weighted by atomic mass is 35.5. The predicted molar refractivity (Wildman–Crippen MR) is 79.2 cm³/mol. The van der Waals surface area contributed by atoms with Gasteiger partial charge in [0.2, 0.25) is 0 Å². The van der Waals surface area contributed by atoms with Crippen LogP contribution in [0.5, 0.6) is 11.5 Å². The topological polar surface area (TPSA) is 42.4 Å². The van der Waals surface area contributed by atoms with Crippen LogP contribution >= 0.6 is 11.6 Å². The standard InChI is InChI=1S/C16H12ClNO2/c17-11-4-3-5-13(8-11)20-16-9-12(10-19)18-15-7-2-1-6-14(15)16/h1-9,19H,10H2. The molecule has 0 atom stereocenters. The molecule has 0 fully saturated rings. The van der Waals surface area contributed by atoms with Gasteiger partial charge in [0.05, 0.1) is 17.8 Å². The van der Waals surface area contributed by atoms with Gasteiger partial charge in [-0.25, -0.2) is 0 Å². The minimum Gasteiger partial charge on any atom is -0.457 e. The summed E-state index contributed by atoms with van der Waals surface area (Å²) in [6.07, 6.45) is 0. The molecule has 0 aliphatic heterocycles. The minimum absolute atomic E-state index is 0.128. The van der Waals surface area contributed by atoms with Crippen molar-refractivity contribution in [1.29, 1.82) is 0 Å². The van der Waals surface area contributed by atoms with Gasteiger partial charge < -0.3 is 9.84 Å². The van der Waals surface area contributed by atoms with Gasteiger partial charge in [-0.1, -0.05) is 29.8 Å². The lowest BCUT2D eigenvalue weighted by Crippen LogP contribution is -1.94. The van der Waals surface area contributed by atoms with Crippen LogP contribution in [0.25, 0.3) is 10.9 Å². The first kappa shape index (κ1) is 12.9. The molecular formula is C16H12ClNO2. The van der Waals surface area contributed by atoms with Crippen molar-refractivity contribution in [3.8, 4) is 11.5 Å². The van der Waals surface area contributed by atoms with Gasteiger partial charge in [-0.15, -0.1) is 0 Å². The lowest BCUT2D eigenvalue weighted by atomic mass is 10.2. The van der Waals surface area contributed by atoms with Crippen LogP contribution in [0.15, 0.2) is 54.6 Å². The summed E-state index contributed by atoms with van der Waals surface area (Å²) in [6.45, 7) is -0.128. The maximum atomic E-state index is 9.29. The van der Waals surface area contributed by atoms with Crippen LogP contribution in [-0.4, -0.2) is 10.1 Å². The minimum atomic E-state index is -0.128. The third-order valence-electron chi connectivity index (χ3n) is 2.92. The molecule has 0 amide bonds. The smallest absolute Gasteiger partial charge is 0.138 e. The van der Waals surface area contributed by atoms with Crippen LogP contribution in [0, 0.1) is 0 Å². The number of aliphatic hydroxyl groups is 1. The fraction of sp³-hybridized carbons (Fsp3) is 0.0625. The number of rotatable bonds is 3. The molecule has 0 saturated carbocycles. The number of aliphatic hydroxyl groups excluding tert-OH is 1. The number of pyridine rings is 1. The molecule has 4 heteroatoms. The SMILES string of the molecule is OCc1cc(Oc2cccc(Cl)c2)c2ccccc2n1. The Morgan fingerprint density at radius 2 is 1.90 bits per heavy atom. The van der Waals surface area contributed by atoms with Gasteiger partial charge in [0.25, 0.3) is 0 Å². The van der Waals surface area contributed by atoms with E-state index in [0.717, 1.165) is 10.9 Å². The zero-order valence-electron chi connectivity index (χ0n) is 10.6. The summed E-state index contributed by atoms with van der Waals surface area (Å²) in [5, 5.41) is 10.8. The van der Waals surface area contributed by atoms with E-state index in [1.807, 2.05) is 36.4 Å². The number of fused-ring (bicyclic) bond motifs is 1. The Labute approximate surface area is 121 Å². The van der Waals surface area contributed by atoms with E-state index in [0.29, 0.717) is 22.2 Å². The molecule has 1 N–H and O–H groups in total. The van der Waals surface area contributed by atoms with Crippen molar-refractivity contribution in [2.45, 2.75) is 6.61 Å². The van der Waals surface area contributed by atoms with Gasteiger partial charge in [0, 0.05) is 16.5 Å². The maximum Gasteiger partial charge on any atom is 0.138 e. The Balaban J connectivity index is 2.10. The van der Waals surface area contributed by atoms with Crippen LogP contribution in [0.1, 0.15) is 5.69 Å². The third kappa shape index (κ3) is 2.59. The molecule has 1 heterocycles. The number of hydrogen-bond acceptors (Lipinski definition) is 3. The molecule has 0 aliphatic carbocycles. The second-order valence-corrected chi connectivity index (χ2v) is 4.78. The van der Waals surface area contributed by atoms with Gasteiger partial charge in [0.1, 0.15) is 11.5 Å². The monoisotopic (exact) mass is 285 g/mol. The molecular weight excluding hydrogens is 274 g/mol. The number of halogens is 1. The maximum absolute atomic E-state index is 9.29. The van der Waals surface area contributed by atoms with Crippen LogP contribution in [0.4, 0.5) is 0 Å². The summed E-state index contributed by atoms with van der Waals surface area (Å²) < 4.78 is 5.88. The number of hydrogen-bond donors (Lipinski definition) is 1. The first-order valence-electron chi connectivity index (χ1n) is 6.19. The van der Waals surface area contributed by atoms with Crippen molar-refractivity contribution >= 4 is 22.5 Å². The first-order chi connectivity index (χ1) is 9.76. The Kier molecular flexibility index (Phi) is 3.54. The van der Waals surface area contributed by atoms with Gasteiger partial charge in [0.15, 0.2) is 0 Å². The summed E-state index contributed by atoms with van der Waals surface area (Å²) >= 11 is 5.96. The summed E-state index contributed by atoms with van der Waals surface area (Å²) in [5.41, 5.74) is 1.36. The van der Waals surface area contributed by atoms with Crippen LogP contribution in [0.3, 0.4) is 0 Å². The van der Waals surface area contributed by atoms with Gasteiger partial charge in [-0.05, 0) is 30.3 Å². The van der Waals surface area contributed by atoms with Gasteiger partial charge in [-0.2, -0.15) is 0 Å². The normalized spacial score (nSPS) is 10.7. The van der Waals surface area contributed by atoms with Crippen molar-refractivity contribution in [2.75, 3.05) is 0 Å². The van der Waals surface area contributed by atoms with E-state index in [-0.39, 0.29) is 6.61 Å². The number of benzene rings is 2. The molecule has 0 bridgehead atoms. The van der Waals surface area contributed by atoms with Crippen molar-refractivity contribution < 1.29 is 9.84 Å². The second kappa shape index (κ2) is 5.49. The molecule has 0 aliphatic rings. The Morgan fingerprint density at radius 3 is 2.70 bits per heavy atom. The number of para-hydroxylation sites is 1. The molecule has 0 radical (unpaired) electrons. The highest BCUT2D eigenvalue weighted by molar-refractivity contribution is 6.30. The Bertz CT molecular complexity index is 758. The largest absolute Gasteiger partial charge is 0.457 e. The number of ether oxygens (including phenoxy) is 1. The van der Waals surface area contributed by atoms with Gasteiger partial charge >= 0.3 is 0 Å². The lowest BCUT2D eigenvalue weighted by molar-refractivity contribution is 0.277. The fourth-order valence-corrected chi connectivity index (χ4v) is 2.20. The average Bonchev–Trinajstić information content (AvgIpc) is 2.47. The Morgan fingerprint density at radius 1 is 1.05 bits per heavy atom. The van der Waals surface area contributed by atoms with E-state index < -0.39 is 0 Å². The molecule has 20 heavy (non-hydrogen) atoms. The molecule has 3 nitrogen and oxygen atoms in total. The lowest BCUT2D eigenvalue weighted by Gasteiger charge is -2.10. The highest BCUT2D eigenvalue weighted by Gasteiger charge is 2.07. The van der Waals surface area contributed by atoms with E-state index in [2.05, 4.69) is 4.98 Å². The van der Waals surface area contributed by atoms with E-state index >= 15 is 0 Å². The quantitative estimate of drug-likeness (QED) is 0.785. The molecule has 0 saturated heterocycles. The summed E-state index contributed by atoms with van der Waals surface area (Å²) in [7, 11) is 0. The van der Waals surface area contributed by atoms with E-state index in [9.17, 15) is 5.11 Å². The van der Waals surface area contributed by atoms with Crippen LogP contribution < -0.4 is 4.74 Å². The van der Waals surface area contributed by atoms with E-state index in [1.165, 1.54) is 0 Å². The predicted octanol–water partition coefficient (Wildman–Crippen LogP) is 4.17. The number of nitrogens with zero attached hydrogens (tertiary/aromatic N) is 1. The fourth-order valence-electron chi connectivity index (χ4n) is 2.02. The zero-order chi connectivity index (χ0) is 13.9. The van der Waals surface area contributed by atoms with E-state index in [4.69, 9.17) is 16.3 Å². The molecule has 3 aromatic rings. The highest BCUT2D eigenvalue weighted by Crippen LogP contribution is 2.30. The molecule has 0 unspecified atom stereocenters. The van der Waals surface area contributed by atoms with Crippen molar-refractivity contribution in [3.05, 3.63) is 65.3 Å². The zero-order valence-corrected chi connectivity index (χ0v) is 11.3. The van der Waals surface area contributed by atoms with Crippen molar-refractivity contribution in [3.63, 3.8) is 0 Å². The van der Waals surface area contributed by atoms with Crippen LogP contribution in [0.2, 0.25) is 5.02 Å². The molecule has 3 rings (SSSR count). The summed E-state index contributed by atoms with van der Waals surface area (Å²) in [4.78, 5) is 4.36. The first-order valence-corrected chi connectivity index (χ1v) is 6.57. The molecule has 100 valence electrons. The number of aromatic nitrogens is 1. The summed E-state index contributed by atoms with van der Waals surface area (Å²) in [6, 6.07) is 16.6. The summed E-state index contributed by atoms with van der Waals surface area (Å²) in [5.74, 6) is 1.31. The third-order valence-corrected chi connectivity index (χ3v) is 3.15. The molecule has 2 aromatic carbocycles. The van der Waals surface area contributed by atoms with Crippen LogP contribution in [-0.2, 0) is 6.61 Å². The molecule has 1 aromatic heterocycles. The Hall–Kier alpha value is -2.10. The van der Waals surface area contributed by atoms with E-state index in [1.54, 1.807) is 18.2 Å². The van der Waals surface area contributed by atoms with Gasteiger partial charge in [-0.3, -0.25) is 4.98 Å². The van der Waals surface area contributed by atoms with Crippen molar-refractivity contribution in [1.82, 2.24) is 4.98 Å². The molecule has 0 spiro atoms. The van der Waals surface area contributed by atoms with Crippen molar-refractivity contribution in [2.24, 2.45) is 0 Å².